The van der Waals surface area contributed by atoms with Gasteiger partial charge in [0.2, 0.25) is 0 Å². The molecule has 3 heterocycles. The normalized spacial score (nSPS) is 36.6. The van der Waals surface area contributed by atoms with E-state index in [0.29, 0.717) is 18.7 Å². The molecular weight excluding hydrogens is 412 g/mol. The van der Waals surface area contributed by atoms with Crippen molar-refractivity contribution in [3.63, 3.8) is 0 Å². The number of H-pyrrole nitrogens is 1. The summed E-state index contributed by atoms with van der Waals surface area (Å²) in [5.41, 5.74) is 1.35. The molecule has 0 radical (unpaired) electrons. The molecule has 7 atom stereocenters. The lowest BCUT2D eigenvalue weighted by Crippen LogP contribution is -2.56. The Balaban J connectivity index is 1.46. The van der Waals surface area contributed by atoms with Crippen LogP contribution in [-0.2, 0) is 18.9 Å². The van der Waals surface area contributed by atoms with Gasteiger partial charge in [-0.25, -0.2) is 4.79 Å². The second kappa shape index (κ2) is 8.76. The Labute approximate surface area is 189 Å². The van der Waals surface area contributed by atoms with Crippen molar-refractivity contribution in [2.24, 2.45) is 11.8 Å². The van der Waals surface area contributed by atoms with Crippen molar-refractivity contribution in [3.05, 3.63) is 23.5 Å². The first-order valence-electron chi connectivity index (χ1n) is 11.5. The summed E-state index contributed by atoms with van der Waals surface area (Å²) in [6.07, 6.45) is 5.15. The summed E-state index contributed by atoms with van der Waals surface area (Å²) >= 11 is 0. The van der Waals surface area contributed by atoms with Crippen molar-refractivity contribution in [1.82, 2.24) is 20.7 Å². The predicted molar refractivity (Wildman–Crippen MR) is 117 cm³/mol. The van der Waals surface area contributed by atoms with Crippen LogP contribution in [0.4, 0.5) is 4.79 Å². The second-order valence-corrected chi connectivity index (χ2v) is 10.1. The fourth-order valence-electron chi connectivity index (χ4n) is 5.31. The Bertz CT molecular complexity index is 833. The van der Waals surface area contributed by atoms with Crippen LogP contribution in [0.15, 0.2) is 17.8 Å². The molecule has 1 amide bonds. The lowest BCUT2D eigenvalue weighted by atomic mass is 9.68. The molecule has 9 nitrogen and oxygen atoms in total. The molecule has 3 fully saturated rings. The van der Waals surface area contributed by atoms with Crippen molar-refractivity contribution >= 4 is 6.09 Å². The lowest BCUT2D eigenvalue weighted by molar-refractivity contribution is -0.118. The number of hydrogen-bond acceptors (Lipinski definition) is 7. The minimum Gasteiger partial charge on any atom is -0.443 e. The summed E-state index contributed by atoms with van der Waals surface area (Å²) in [7, 11) is 1.68. The molecule has 1 aromatic heterocycles. The van der Waals surface area contributed by atoms with Gasteiger partial charge in [0.1, 0.15) is 29.1 Å². The van der Waals surface area contributed by atoms with Crippen LogP contribution in [0.25, 0.3) is 0 Å². The zero-order valence-electron chi connectivity index (χ0n) is 19.9. The summed E-state index contributed by atoms with van der Waals surface area (Å²) < 4.78 is 24.1. The summed E-state index contributed by atoms with van der Waals surface area (Å²) in [4.78, 5) is 12.9. The first-order chi connectivity index (χ1) is 15.2. The number of alkyl carbamates (subject to hydrolysis) is 1. The molecule has 1 spiro atoms. The smallest absolute Gasteiger partial charge is 0.408 e. The first kappa shape index (κ1) is 23.2. The molecule has 1 aliphatic carbocycles. The zero-order chi connectivity index (χ0) is 23.1. The number of allylic oxidation sites excluding steroid dienone is 1. The van der Waals surface area contributed by atoms with Gasteiger partial charge in [0.25, 0.3) is 0 Å². The van der Waals surface area contributed by atoms with Crippen LogP contribution in [-0.4, -0.2) is 64.7 Å². The number of carbonyl (C=O) groups is 1. The lowest BCUT2D eigenvalue weighted by Gasteiger charge is -2.42. The van der Waals surface area contributed by atoms with E-state index in [0.717, 1.165) is 12.8 Å². The Morgan fingerprint density at radius 2 is 2.19 bits per heavy atom. The summed E-state index contributed by atoms with van der Waals surface area (Å²) in [5.74, 6) is 0.126. The molecule has 32 heavy (non-hydrogen) atoms. The van der Waals surface area contributed by atoms with Crippen molar-refractivity contribution in [1.29, 1.82) is 0 Å². The molecule has 4 rings (SSSR count). The third-order valence-electron chi connectivity index (χ3n) is 7.19. The summed E-state index contributed by atoms with van der Waals surface area (Å²) in [6.45, 7) is 11.1. The Kier molecular flexibility index (Phi) is 6.35. The number of aromatic amines is 1. The largest absolute Gasteiger partial charge is 0.443 e. The third-order valence-corrected chi connectivity index (χ3v) is 7.19. The number of nitrogens with one attached hydrogen (secondary N) is 2. The van der Waals surface area contributed by atoms with Gasteiger partial charge in [-0.3, -0.25) is 0 Å². The van der Waals surface area contributed by atoms with Gasteiger partial charge in [-0.1, -0.05) is 25.5 Å². The van der Waals surface area contributed by atoms with E-state index in [9.17, 15) is 4.79 Å². The maximum Gasteiger partial charge on any atom is 0.408 e. The highest BCUT2D eigenvalue weighted by atomic mass is 16.6. The van der Waals surface area contributed by atoms with Crippen LogP contribution in [0.3, 0.4) is 0 Å². The fraction of sp³-hybridized carbons (Fsp3) is 0.783. The summed E-state index contributed by atoms with van der Waals surface area (Å²) in [5, 5.41) is 13.5. The third kappa shape index (κ3) is 4.43. The quantitative estimate of drug-likeness (QED) is 0.463. The molecule has 178 valence electrons. The van der Waals surface area contributed by atoms with Gasteiger partial charge in [-0.15, -0.1) is 0 Å². The predicted octanol–water partition coefficient (Wildman–Crippen LogP) is 3.30. The van der Waals surface area contributed by atoms with Crippen LogP contribution < -0.4 is 5.32 Å². The van der Waals surface area contributed by atoms with Gasteiger partial charge in [0.15, 0.2) is 0 Å². The topological polar surface area (TPSA) is 114 Å². The minimum atomic E-state index is -0.479. The van der Waals surface area contributed by atoms with E-state index in [-0.39, 0.29) is 47.4 Å². The highest BCUT2D eigenvalue weighted by Crippen LogP contribution is 2.59. The molecule has 0 bridgehead atoms. The SMILES string of the molecule is CO[C@H]1C([C@@]2(C)O[C@@H]2CC=C(C)C)[C@]2(CC[C@H]1OC(=O)N[C@H](c1cn[nH]n1)C(C)C)CO2. The zero-order valence-corrected chi connectivity index (χ0v) is 19.9. The van der Waals surface area contributed by atoms with Gasteiger partial charge in [-0.05, 0) is 46.0 Å². The molecule has 9 heteroatoms. The molecule has 2 saturated heterocycles. The molecular formula is C23H36N4O5. The van der Waals surface area contributed by atoms with E-state index in [1.807, 2.05) is 13.8 Å². The number of ether oxygens (including phenoxy) is 4. The number of hydrogen-bond donors (Lipinski definition) is 2. The monoisotopic (exact) mass is 448 g/mol. The number of epoxide rings is 2. The molecule has 3 aliphatic rings. The van der Waals surface area contributed by atoms with Gasteiger partial charge in [-0.2, -0.15) is 15.4 Å². The van der Waals surface area contributed by atoms with Crippen molar-refractivity contribution in [3.8, 4) is 0 Å². The first-order valence-corrected chi connectivity index (χ1v) is 11.5. The maximum absolute atomic E-state index is 12.9. The highest BCUT2D eigenvalue weighted by Gasteiger charge is 2.72. The van der Waals surface area contributed by atoms with Crippen LogP contribution in [0, 0.1) is 11.8 Å². The van der Waals surface area contributed by atoms with E-state index < -0.39 is 6.09 Å². The molecule has 1 saturated carbocycles. The fourth-order valence-corrected chi connectivity index (χ4v) is 5.31. The van der Waals surface area contributed by atoms with E-state index in [1.54, 1.807) is 13.3 Å². The number of carbonyl (C=O) groups excluding carboxylic acids is 1. The Morgan fingerprint density at radius 3 is 2.75 bits per heavy atom. The van der Waals surface area contributed by atoms with E-state index in [1.165, 1.54) is 5.57 Å². The van der Waals surface area contributed by atoms with Crippen LogP contribution in [0.2, 0.25) is 0 Å². The minimum absolute atomic E-state index is 0.00134. The van der Waals surface area contributed by atoms with Crippen molar-refractivity contribution in [2.45, 2.75) is 89.4 Å². The Morgan fingerprint density at radius 1 is 1.44 bits per heavy atom. The second-order valence-electron chi connectivity index (χ2n) is 10.1. The number of amides is 1. The molecule has 1 unspecified atom stereocenters. The molecule has 1 aromatic rings. The van der Waals surface area contributed by atoms with Crippen molar-refractivity contribution in [2.75, 3.05) is 13.7 Å². The molecule has 2 aliphatic heterocycles. The van der Waals surface area contributed by atoms with E-state index >= 15 is 0 Å². The van der Waals surface area contributed by atoms with Crippen LogP contribution in [0.1, 0.15) is 65.6 Å². The van der Waals surface area contributed by atoms with E-state index in [2.05, 4.69) is 47.6 Å². The van der Waals surface area contributed by atoms with Crippen molar-refractivity contribution < 1.29 is 23.7 Å². The molecule has 0 aromatic carbocycles. The molecule has 2 N–H and O–H groups in total. The van der Waals surface area contributed by atoms with E-state index in [4.69, 9.17) is 18.9 Å². The number of methoxy groups -OCH3 is 1. The van der Waals surface area contributed by atoms with Crippen LogP contribution in [0.5, 0.6) is 0 Å². The average molecular weight is 449 g/mol. The number of aromatic nitrogens is 3. The van der Waals surface area contributed by atoms with Crippen LogP contribution >= 0.6 is 0 Å². The Hall–Kier alpha value is -1.97. The standard InChI is InChI=1S/C23H36N4O5/c1-13(2)7-8-17-22(5,32-17)20-19(29-6)16(9-10-23(20)12-30-23)31-21(28)25-18(14(3)4)15-11-24-27-26-15/h7,11,14,16-20H,8-10,12H2,1-6H3,(H,25,28)(H,24,26,27)/t16-,17-,18+,19-,20?,22+,23+/m1/s1. The van der Waals surface area contributed by atoms with Gasteiger partial charge in [0, 0.05) is 7.11 Å². The maximum atomic E-state index is 12.9. The number of nitrogens with zero attached hydrogens (tertiary/aromatic N) is 2. The number of rotatable bonds is 8. The highest BCUT2D eigenvalue weighted by molar-refractivity contribution is 5.68. The average Bonchev–Trinajstić information content (AvgIpc) is 3.57. The van der Waals surface area contributed by atoms with Gasteiger partial charge in [0.05, 0.1) is 30.9 Å². The van der Waals surface area contributed by atoms with Gasteiger partial charge < -0.3 is 24.3 Å². The van der Waals surface area contributed by atoms with Gasteiger partial charge >= 0.3 is 6.09 Å². The summed E-state index contributed by atoms with van der Waals surface area (Å²) in [6, 6.07) is -0.294.